The van der Waals surface area contributed by atoms with Gasteiger partial charge in [-0.05, 0) is 65.5 Å². The van der Waals surface area contributed by atoms with Crippen molar-refractivity contribution in [2.75, 3.05) is 11.6 Å². The zero-order valence-electron chi connectivity index (χ0n) is 12.1. The summed E-state index contributed by atoms with van der Waals surface area (Å²) in [4.78, 5) is 25.8. The summed E-state index contributed by atoms with van der Waals surface area (Å²) in [6.45, 7) is 1.66. The summed E-state index contributed by atoms with van der Waals surface area (Å²) in [5, 5.41) is 5.47. The monoisotopic (exact) mass is 398 g/mol. The first kappa shape index (κ1) is 17.1. The molecule has 2 aromatic rings. The van der Waals surface area contributed by atoms with Gasteiger partial charge in [-0.25, -0.2) is 0 Å². The van der Waals surface area contributed by atoms with Crippen LogP contribution in [-0.2, 0) is 4.79 Å². The second kappa shape index (κ2) is 7.80. The number of benzene rings is 1. The molecule has 4 nitrogen and oxygen atoms in total. The van der Waals surface area contributed by atoms with E-state index < -0.39 is 6.04 Å². The Morgan fingerprint density at radius 3 is 2.41 bits per heavy atom. The Balaban J connectivity index is 1.92. The number of thioether (sulfide) groups is 1. The third-order valence-electron chi connectivity index (χ3n) is 2.90. The highest BCUT2D eigenvalue weighted by atomic mass is 79.9. The van der Waals surface area contributed by atoms with Gasteiger partial charge in [-0.15, -0.1) is 23.1 Å². The minimum Gasteiger partial charge on any atom is -0.340 e. The number of anilines is 1. The van der Waals surface area contributed by atoms with Crippen LogP contribution in [0.3, 0.4) is 0 Å². The summed E-state index contributed by atoms with van der Waals surface area (Å²) in [5.74, 6) is -0.503. The fourth-order valence-electron chi connectivity index (χ4n) is 1.69. The molecule has 0 bridgehead atoms. The number of carbonyl (C=O) groups excluding carboxylic acids is 2. The fourth-order valence-corrected chi connectivity index (χ4v) is 3.39. The van der Waals surface area contributed by atoms with Crippen molar-refractivity contribution in [2.45, 2.75) is 17.9 Å². The Hall–Kier alpha value is -1.31. The van der Waals surface area contributed by atoms with Crippen molar-refractivity contribution in [3.63, 3.8) is 0 Å². The molecular weight excluding hydrogens is 384 g/mol. The topological polar surface area (TPSA) is 58.2 Å². The van der Waals surface area contributed by atoms with Crippen LogP contribution in [0.5, 0.6) is 0 Å². The number of nitrogens with one attached hydrogen (secondary N) is 2. The summed E-state index contributed by atoms with van der Waals surface area (Å²) >= 11 is 6.28. The Morgan fingerprint density at radius 1 is 1.18 bits per heavy atom. The van der Waals surface area contributed by atoms with Gasteiger partial charge >= 0.3 is 0 Å². The number of amides is 2. The van der Waals surface area contributed by atoms with E-state index in [2.05, 4.69) is 26.6 Å². The van der Waals surface area contributed by atoms with E-state index in [1.165, 1.54) is 11.3 Å². The van der Waals surface area contributed by atoms with Gasteiger partial charge in [0.15, 0.2) is 0 Å². The molecule has 0 saturated carbocycles. The van der Waals surface area contributed by atoms with E-state index in [1.54, 1.807) is 30.8 Å². The lowest BCUT2D eigenvalue weighted by atomic mass is 10.2. The average Bonchev–Trinajstić information content (AvgIpc) is 2.94. The van der Waals surface area contributed by atoms with Gasteiger partial charge in [-0.1, -0.05) is 0 Å². The van der Waals surface area contributed by atoms with Gasteiger partial charge in [0, 0.05) is 10.6 Å². The van der Waals surface area contributed by atoms with Crippen molar-refractivity contribution < 1.29 is 9.59 Å². The Morgan fingerprint density at radius 2 is 1.86 bits per heavy atom. The molecule has 1 atom stereocenters. The number of thiophene rings is 1. The molecule has 2 rings (SSSR count). The summed E-state index contributed by atoms with van der Waals surface area (Å²) in [5.41, 5.74) is 0.711. The highest BCUT2D eigenvalue weighted by Gasteiger charge is 2.17. The van der Waals surface area contributed by atoms with Crippen LogP contribution >= 0.6 is 39.0 Å². The van der Waals surface area contributed by atoms with Crippen LogP contribution < -0.4 is 10.6 Å². The summed E-state index contributed by atoms with van der Waals surface area (Å²) in [6.07, 6.45) is 1.99. The predicted octanol–water partition coefficient (Wildman–Crippen LogP) is 3.99. The van der Waals surface area contributed by atoms with Gasteiger partial charge in [0.05, 0.1) is 8.66 Å². The standard InChI is InChI=1S/C15H15BrN2O2S2/c1-9(17-15(20)12-7-8-13(16)22-12)14(19)18-10-3-5-11(21-2)6-4-10/h3-9H,1-2H3,(H,17,20)(H,18,19). The number of carbonyl (C=O) groups is 2. The van der Waals surface area contributed by atoms with Crippen molar-refractivity contribution in [1.82, 2.24) is 5.32 Å². The van der Waals surface area contributed by atoms with E-state index in [4.69, 9.17) is 0 Å². The SMILES string of the molecule is CSc1ccc(NC(=O)C(C)NC(=O)c2ccc(Br)s2)cc1. The fraction of sp³-hybridized carbons (Fsp3) is 0.200. The van der Waals surface area contributed by atoms with Crippen molar-refractivity contribution in [1.29, 1.82) is 0 Å². The smallest absolute Gasteiger partial charge is 0.262 e. The van der Waals surface area contributed by atoms with E-state index in [0.717, 1.165) is 8.68 Å². The second-order valence-electron chi connectivity index (χ2n) is 4.52. The van der Waals surface area contributed by atoms with Crippen LogP contribution in [0.15, 0.2) is 45.1 Å². The van der Waals surface area contributed by atoms with Gasteiger partial charge < -0.3 is 10.6 Å². The first-order valence-corrected chi connectivity index (χ1v) is 9.34. The number of rotatable bonds is 5. The number of halogens is 1. The molecular formula is C15H15BrN2O2S2. The molecule has 0 aliphatic rings. The largest absolute Gasteiger partial charge is 0.340 e. The summed E-state index contributed by atoms with van der Waals surface area (Å²) in [6, 6.07) is 10.5. The lowest BCUT2D eigenvalue weighted by Gasteiger charge is -2.13. The van der Waals surface area contributed by atoms with Gasteiger partial charge in [0.2, 0.25) is 5.91 Å². The van der Waals surface area contributed by atoms with Crippen molar-refractivity contribution in [2.24, 2.45) is 0 Å². The molecule has 0 spiro atoms. The van der Waals surface area contributed by atoms with Crippen LogP contribution in [0.25, 0.3) is 0 Å². The average molecular weight is 399 g/mol. The molecule has 2 N–H and O–H groups in total. The molecule has 116 valence electrons. The van der Waals surface area contributed by atoms with Gasteiger partial charge in [0.25, 0.3) is 5.91 Å². The maximum atomic E-state index is 12.1. The molecule has 1 aromatic heterocycles. The predicted molar refractivity (Wildman–Crippen MR) is 95.8 cm³/mol. The van der Waals surface area contributed by atoms with Crippen molar-refractivity contribution in [3.05, 3.63) is 45.1 Å². The number of hydrogen-bond donors (Lipinski definition) is 2. The van der Waals surface area contributed by atoms with Gasteiger partial charge in [-0.2, -0.15) is 0 Å². The second-order valence-corrected chi connectivity index (χ2v) is 7.86. The molecule has 1 unspecified atom stereocenters. The molecule has 7 heteroatoms. The lowest BCUT2D eigenvalue weighted by molar-refractivity contribution is -0.117. The minimum absolute atomic E-state index is 0.249. The molecule has 2 amide bonds. The van der Waals surface area contributed by atoms with E-state index in [0.29, 0.717) is 10.6 Å². The van der Waals surface area contributed by atoms with E-state index >= 15 is 0 Å². The van der Waals surface area contributed by atoms with Crippen LogP contribution in [0.4, 0.5) is 5.69 Å². The van der Waals surface area contributed by atoms with Crippen LogP contribution in [0.2, 0.25) is 0 Å². The van der Waals surface area contributed by atoms with Crippen LogP contribution in [0.1, 0.15) is 16.6 Å². The summed E-state index contributed by atoms with van der Waals surface area (Å²) in [7, 11) is 0. The number of hydrogen-bond acceptors (Lipinski definition) is 4. The minimum atomic E-state index is -0.617. The Bertz CT molecular complexity index is 670. The first-order chi connectivity index (χ1) is 10.5. The molecule has 0 aliphatic heterocycles. The Kier molecular flexibility index (Phi) is 6.05. The van der Waals surface area contributed by atoms with Crippen LogP contribution in [0, 0.1) is 0 Å². The van der Waals surface area contributed by atoms with E-state index in [1.807, 2.05) is 30.5 Å². The molecule has 0 radical (unpaired) electrons. The van der Waals surface area contributed by atoms with Crippen molar-refractivity contribution >= 4 is 56.5 Å². The normalized spacial score (nSPS) is 11.8. The summed E-state index contributed by atoms with van der Waals surface area (Å²) < 4.78 is 0.878. The van der Waals surface area contributed by atoms with Gasteiger partial charge in [-0.3, -0.25) is 9.59 Å². The third-order valence-corrected chi connectivity index (χ3v) is 5.26. The van der Waals surface area contributed by atoms with E-state index in [9.17, 15) is 9.59 Å². The first-order valence-electron chi connectivity index (χ1n) is 6.50. The van der Waals surface area contributed by atoms with Crippen molar-refractivity contribution in [3.8, 4) is 0 Å². The maximum Gasteiger partial charge on any atom is 0.262 e. The van der Waals surface area contributed by atoms with Gasteiger partial charge in [0.1, 0.15) is 6.04 Å². The van der Waals surface area contributed by atoms with Crippen LogP contribution in [-0.4, -0.2) is 24.1 Å². The van der Waals surface area contributed by atoms with E-state index in [-0.39, 0.29) is 11.8 Å². The zero-order chi connectivity index (χ0) is 16.1. The molecule has 0 saturated heterocycles. The highest BCUT2D eigenvalue weighted by molar-refractivity contribution is 9.11. The highest BCUT2D eigenvalue weighted by Crippen LogP contribution is 2.22. The molecule has 1 aromatic carbocycles. The maximum absolute atomic E-state index is 12.1. The molecule has 22 heavy (non-hydrogen) atoms. The zero-order valence-corrected chi connectivity index (χ0v) is 15.3. The molecule has 0 fully saturated rings. The quantitative estimate of drug-likeness (QED) is 0.748. The molecule has 1 heterocycles. The Labute approximate surface area is 145 Å². The lowest BCUT2D eigenvalue weighted by Crippen LogP contribution is -2.41. The molecule has 0 aliphatic carbocycles. The third kappa shape index (κ3) is 4.59.